The minimum absolute atomic E-state index is 0.245. The lowest BCUT2D eigenvalue weighted by molar-refractivity contribution is -0.198. The van der Waals surface area contributed by atoms with Crippen molar-refractivity contribution in [3.8, 4) is 0 Å². The zero-order valence-electron chi connectivity index (χ0n) is 11.7. The fraction of sp³-hybridized carbons (Fsp3) is 0.750. The van der Waals surface area contributed by atoms with Gasteiger partial charge in [-0.3, -0.25) is 4.79 Å². The van der Waals surface area contributed by atoms with Crippen LogP contribution in [0.5, 0.6) is 0 Å². The van der Waals surface area contributed by atoms with E-state index in [0.717, 1.165) is 14.2 Å². The maximum absolute atomic E-state index is 12.2. The van der Waals surface area contributed by atoms with E-state index in [1.54, 1.807) is 0 Å². The highest BCUT2D eigenvalue weighted by Crippen LogP contribution is 2.49. The van der Waals surface area contributed by atoms with Crippen LogP contribution in [-0.2, 0) is 33.3 Å². The highest BCUT2D eigenvalue weighted by molar-refractivity contribution is 6.13. The van der Waals surface area contributed by atoms with Crippen molar-refractivity contribution in [1.82, 2.24) is 5.32 Å². The van der Waals surface area contributed by atoms with Gasteiger partial charge in [-0.05, 0) is 6.92 Å². The van der Waals surface area contributed by atoms with Crippen LogP contribution in [0, 0.1) is 5.92 Å². The lowest BCUT2D eigenvalue weighted by Crippen LogP contribution is -2.68. The highest BCUT2D eigenvalue weighted by Gasteiger charge is 2.75. The van der Waals surface area contributed by atoms with Gasteiger partial charge in [0.05, 0.1) is 20.1 Å². The number of carbonyl (C=O) groups excluding carboxylic acids is 3. The largest absolute Gasteiger partial charge is 0.467 e. The Labute approximate surface area is 115 Å². The summed E-state index contributed by atoms with van der Waals surface area (Å²) in [5.74, 6) is -3.03. The van der Waals surface area contributed by atoms with Gasteiger partial charge < -0.3 is 24.3 Å². The predicted molar refractivity (Wildman–Crippen MR) is 63.3 cm³/mol. The third kappa shape index (κ3) is 1.58. The summed E-state index contributed by atoms with van der Waals surface area (Å²) in [7, 11) is 3.67. The second kappa shape index (κ2) is 4.71. The zero-order valence-corrected chi connectivity index (χ0v) is 11.7. The molecule has 0 aliphatic carbocycles. The van der Waals surface area contributed by atoms with Crippen molar-refractivity contribution < 1.29 is 33.3 Å². The summed E-state index contributed by atoms with van der Waals surface area (Å²) >= 11 is 0. The van der Waals surface area contributed by atoms with Crippen LogP contribution in [0.1, 0.15) is 13.3 Å². The summed E-state index contributed by atoms with van der Waals surface area (Å²) < 4.78 is 20.1. The van der Waals surface area contributed by atoms with E-state index in [4.69, 9.17) is 9.47 Å². The molecule has 2 saturated heterocycles. The van der Waals surface area contributed by atoms with Gasteiger partial charge in [0, 0.05) is 13.5 Å². The molecule has 3 atom stereocenters. The second-order valence-corrected chi connectivity index (χ2v) is 4.90. The monoisotopic (exact) mass is 287 g/mol. The molecule has 1 N–H and O–H groups in total. The smallest absolute Gasteiger partial charge is 0.346 e. The number of amides is 1. The summed E-state index contributed by atoms with van der Waals surface area (Å²) in [5.41, 5.74) is -3.45. The Morgan fingerprint density at radius 2 is 1.80 bits per heavy atom. The molecule has 2 aliphatic rings. The highest BCUT2D eigenvalue weighted by atomic mass is 16.7. The SMILES string of the molecule is COC(=O)C1(C(=O)OC)NC(=O)[C@@H]2C[C@H](OC)O[C@@]21C. The average molecular weight is 287 g/mol. The molecular formula is C12H17NO7. The summed E-state index contributed by atoms with van der Waals surface area (Å²) in [5, 5.41) is 2.39. The molecule has 0 unspecified atom stereocenters. The van der Waals surface area contributed by atoms with Crippen LogP contribution in [0.3, 0.4) is 0 Å². The Bertz CT molecular complexity index is 447. The van der Waals surface area contributed by atoms with Crippen molar-refractivity contribution in [2.24, 2.45) is 5.92 Å². The molecule has 0 bridgehead atoms. The van der Waals surface area contributed by atoms with Gasteiger partial charge in [0.2, 0.25) is 5.91 Å². The minimum Gasteiger partial charge on any atom is -0.467 e. The number of nitrogens with one attached hydrogen (secondary N) is 1. The van der Waals surface area contributed by atoms with Crippen LogP contribution >= 0.6 is 0 Å². The Hall–Kier alpha value is -1.67. The normalized spacial score (nSPS) is 34.3. The molecule has 2 heterocycles. The number of methoxy groups -OCH3 is 3. The van der Waals surface area contributed by atoms with Crippen LogP contribution in [0.25, 0.3) is 0 Å². The number of ether oxygens (including phenoxy) is 4. The molecule has 0 saturated carbocycles. The van der Waals surface area contributed by atoms with Gasteiger partial charge in [-0.25, -0.2) is 9.59 Å². The summed E-state index contributed by atoms with van der Waals surface area (Å²) in [6, 6.07) is 0. The lowest BCUT2D eigenvalue weighted by atomic mass is 9.77. The molecule has 2 aliphatic heterocycles. The first kappa shape index (κ1) is 14.7. The standard InChI is InChI=1S/C12H17NO7/c1-11-6(5-7(17-2)20-11)8(14)13-12(11,9(15)18-3)10(16)19-4/h6-7H,5H2,1-4H3,(H,13,14)/t6-,7+,11-/m0/s1. The van der Waals surface area contributed by atoms with Crippen molar-refractivity contribution >= 4 is 17.8 Å². The van der Waals surface area contributed by atoms with Crippen molar-refractivity contribution in [3.63, 3.8) is 0 Å². The van der Waals surface area contributed by atoms with Gasteiger partial charge in [-0.1, -0.05) is 0 Å². The van der Waals surface area contributed by atoms with Crippen LogP contribution < -0.4 is 5.32 Å². The quantitative estimate of drug-likeness (QED) is 0.523. The molecule has 0 aromatic carbocycles. The van der Waals surface area contributed by atoms with E-state index in [2.05, 4.69) is 14.8 Å². The number of esters is 2. The van der Waals surface area contributed by atoms with E-state index in [9.17, 15) is 14.4 Å². The minimum atomic E-state index is -2.02. The Kier molecular flexibility index (Phi) is 3.47. The topological polar surface area (TPSA) is 100 Å². The molecule has 0 aromatic rings. The van der Waals surface area contributed by atoms with Crippen LogP contribution in [0.2, 0.25) is 0 Å². The third-order valence-electron chi connectivity index (χ3n) is 4.09. The van der Waals surface area contributed by atoms with Gasteiger partial charge >= 0.3 is 11.9 Å². The number of hydrogen-bond acceptors (Lipinski definition) is 7. The number of hydrogen-bond donors (Lipinski definition) is 1. The summed E-state index contributed by atoms with van der Waals surface area (Å²) in [4.78, 5) is 36.4. The fourth-order valence-electron chi connectivity index (χ4n) is 2.96. The molecule has 2 rings (SSSR count). The van der Waals surface area contributed by atoms with E-state index >= 15 is 0 Å². The third-order valence-corrected chi connectivity index (χ3v) is 4.09. The van der Waals surface area contributed by atoms with E-state index in [1.165, 1.54) is 14.0 Å². The lowest BCUT2D eigenvalue weighted by Gasteiger charge is -2.36. The van der Waals surface area contributed by atoms with Gasteiger partial charge in [0.1, 0.15) is 5.60 Å². The summed E-state index contributed by atoms with van der Waals surface area (Å²) in [6.45, 7) is 1.50. The van der Waals surface area contributed by atoms with Crippen LogP contribution in [-0.4, -0.2) is 56.6 Å². The van der Waals surface area contributed by atoms with Crippen LogP contribution in [0.15, 0.2) is 0 Å². The van der Waals surface area contributed by atoms with E-state index in [-0.39, 0.29) is 6.42 Å². The van der Waals surface area contributed by atoms with Crippen molar-refractivity contribution in [2.75, 3.05) is 21.3 Å². The van der Waals surface area contributed by atoms with Gasteiger partial charge in [0.25, 0.3) is 5.54 Å². The molecule has 20 heavy (non-hydrogen) atoms. The number of rotatable bonds is 3. The first-order chi connectivity index (χ1) is 9.37. The second-order valence-electron chi connectivity index (χ2n) is 4.90. The van der Waals surface area contributed by atoms with Gasteiger partial charge in [-0.15, -0.1) is 0 Å². The molecule has 0 aromatic heterocycles. The molecule has 112 valence electrons. The molecule has 2 fully saturated rings. The van der Waals surface area contributed by atoms with Crippen molar-refractivity contribution in [2.45, 2.75) is 30.8 Å². The predicted octanol–water partition coefficient (Wildman–Crippen LogP) is -1.03. The first-order valence-electron chi connectivity index (χ1n) is 6.06. The molecule has 0 spiro atoms. The van der Waals surface area contributed by atoms with Crippen molar-refractivity contribution in [3.05, 3.63) is 0 Å². The molecule has 8 nitrogen and oxygen atoms in total. The molecule has 8 heteroatoms. The number of fused-ring (bicyclic) bond motifs is 1. The zero-order chi connectivity index (χ0) is 15.1. The Morgan fingerprint density at radius 1 is 1.25 bits per heavy atom. The Morgan fingerprint density at radius 3 is 2.25 bits per heavy atom. The summed E-state index contributed by atoms with van der Waals surface area (Å²) in [6.07, 6.45) is -0.432. The maximum atomic E-state index is 12.2. The van der Waals surface area contributed by atoms with E-state index < -0.39 is 41.2 Å². The first-order valence-corrected chi connectivity index (χ1v) is 6.06. The van der Waals surface area contributed by atoms with E-state index in [1.807, 2.05) is 0 Å². The average Bonchev–Trinajstić information content (AvgIpc) is 2.89. The van der Waals surface area contributed by atoms with Crippen molar-refractivity contribution in [1.29, 1.82) is 0 Å². The Balaban J connectivity index is 2.55. The number of carbonyl (C=O) groups is 3. The van der Waals surface area contributed by atoms with Crippen LogP contribution in [0.4, 0.5) is 0 Å². The maximum Gasteiger partial charge on any atom is 0.346 e. The van der Waals surface area contributed by atoms with Gasteiger partial charge in [0.15, 0.2) is 6.29 Å². The molecule has 1 amide bonds. The molecular weight excluding hydrogens is 270 g/mol. The fourth-order valence-corrected chi connectivity index (χ4v) is 2.96. The van der Waals surface area contributed by atoms with Gasteiger partial charge in [-0.2, -0.15) is 0 Å². The van der Waals surface area contributed by atoms with E-state index in [0.29, 0.717) is 0 Å². The molecule has 0 radical (unpaired) electrons.